The lowest BCUT2D eigenvalue weighted by Gasteiger charge is -2.25. The molecule has 3 N–H and O–H groups in total. The summed E-state index contributed by atoms with van der Waals surface area (Å²) in [5, 5.41) is 13.7. The number of piperidine rings is 1. The molecule has 1 fully saturated rings. The molecule has 0 saturated carbocycles. The molecule has 194 valence electrons. The SMILES string of the molecule is Cc1c(C(=O)NCc2ccc3sccc3c2)sc2ncnc(Nc3ccc(F)cc3OC3CCCNC3)c12. The molecule has 1 amide bonds. The zero-order valence-corrected chi connectivity index (χ0v) is 22.3. The van der Waals surface area contributed by atoms with E-state index in [9.17, 15) is 9.18 Å². The maximum atomic E-state index is 14.1. The lowest BCUT2D eigenvalue weighted by molar-refractivity contribution is 0.0954. The van der Waals surface area contributed by atoms with Gasteiger partial charge in [0, 0.05) is 23.9 Å². The summed E-state index contributed by atoms with van der Waals surface area (Å²) >= 11 is 3.03. The number of anilines is 2. The van der Waals surface area contributed by atoms with Crippen molar-refractivity contribution in [2.24, 2.45) is 0 Å². The number of hydrogen-bond donors (Lipinski definition) is 3. The summed E-state index contributed by atoms with van der Waals surface area (Å²) in [6.45, 7) is 4.01. The average molecular weight is 548 g/mol. The molecule has 6 rings (SSSR count). The van der Waals surface area contributed by atoms with E-state index in [4.69, 9.17) is 4.74 Å². The molecule has 4 heterocycles. The van der Waals surface area contributed by atoms with Crippen molar-refractivity contribution < 1.29 is 13.9 Å². The molecule has 38 heavy (non-hydrogen) atoms. The molecule has 0 spiro atoms. The van der Waals surface area contributed by atoms with Gasteiger partial charge in [0.25, 0.3) is 5.91 Å². The number of rotatable bonds is 7. The molecule has 1 saturated heterocycles. The van der Waals surface area contributed by atoms with E-state index in [1.54, 1.807) is 17.4 Å². The van der Waals surface area contributed by atoms with Crippen LogP contribution in [0.1, 0.15) is 33.6 Å². The number of thiophene rings is 2. The third-order valence-corrected chi connectivity index (χ3v) is 8.74. The zero-order valence-electron chi connectivity index (χ0n) is 20.7. The van der Waals surface area contributed by atoms with Gasteiger partial charge in [-0.3, -0.25) is 4.79 Å². The number of nitrogens with zero attached hydrogens (tertiary/aromatic N) is 2. The molecule has 0 radical (unpaired) electrons. The molecule has 1 unspecified atom stereocenters. The van der Waals surface area contributed by atoms with Crippen molar-refractivity contribution >= 4 is 60.4 Å². The Balaban J connectivity index is 1.24. The van der Waals surface area contributed by atoms with Gasteiger partial charge in [-0.15, -0.1) is 22.7 Å². The van der Waals surface area contributed by atoms with E-state index < -0.39 is 0 Å². The van der Waals surface area contributed by atoms with Crippen LogP contribution in [0.25, 0.3) is 20.3 Å². The average Bonchev–Trinajstić information content (AvgIpc) is 3.54. The van der Waals surface area contributed by atoms with Crippen LogP contribution in [0.2, 0.25) is 0 Å². The van der Waals surface area contributed by atoms with Crippen molar-refractivity contribution in [3.8, 4) is 5.75 Å². The number of benzene rings is 2. The van der Waals surface area contributed by atoms with Crippen molar-refractivity contribution in [3.05, 3.63) is 76.0 Å². The molecule has 1 aliphatic rings. The van der Waals surface area contributed by atoms with Gasteiger partial charge < -0.3 is 20.7 Å². The Morgan fingerprint density at radius 2 is 2.13 bits per heavy atom. The van der Waals surface area contributed by atoms with Crippen molar-refractivity contribution in [3.63, 3.8) is 0 Å². The Morgan fingerprint density at radius 1 is 1.21 bits per heavy atom. The number of carbonyl (C=O) groups excluding carboxylic acids is 1. The molecule has 3 aromatic heterocycles. The van der Waals surface area contributed by atoms with Gasteiger partial charge in [-0.1, -0.05) is 6.07 Å². The normalized spacial score (nSPS) is 15.6. The molecular weight excluding hydrogens is 521 g/mol. The summed E-state index contributed by atoms with van der Waals surface area (Å²) in [6, 6.07) is 12.7. The second-order valence-electron chi connectivity index (χ2n) is 9.29. The van der Waals surface area contributed by atoms with Crippen LogP contribution in [0.5, 0.6) is 5.75 Å². The number of halogens is 1. The number of carbonyl (C=O) groups is 1. The first-order valence-electron chi connectivity index (χ1n) is 12.5. The molecule has 5 aromatic rings. The Hall–Kier alpha value is -3.60. The van der Waals surface area contributed by atoms with Gasteiger partial charge in [-0.2, -0.15) is 0 Å². The van der Waals surface area contributed by atoms with Gasteiger partial charge in [-0.05, 0) is 78.5 Å². The molecule has 7 nitrogen and oxygen atoms in total. The standard InChI is InChI=1S/C28H26FN5O2S2/c1-16-24-26(34-21-6-5-19(29)12-22(21)36-20-3-2-9-30-14-20)32-15-33-28(24)38-25(16)27(35)31-13-17-4-7-23-18(11-17)8-10-37-23/h4-8,10-12,15,20,30H,2-3,9,13-14H2,1H3,(H,31,35)(H,32,33,34). The minimum absolute atomic E-state index is 0.0323. The fourth-order valence-electron chi connectivity index (χ4n) is 4.70. The number of ether oxygens (including phenoxy) is 1. The van der Waals surface area contributed by atoms with E-state index in [-0.39, 0.29) is 17.8 Å². The summed E-state index contributed by atoms with van der Waals surface area (Å²) in [4.78, 5) is 23.3. The van der Waals surface area contributed by atoms with Gasteiger partial charge >= 0.3 is 0 Å². The second kappa shape index (κ2) is 10.6. The van der Waals surface area contributed by atoms with Crippen LogP contribution < -0.4 is 20.7 Å². The van der Waals surface area contributed by atoms with Crippen molar-refractivity contribution in [1.29, 1.82) is 0 Å². The van der Waals surface area contributed by atoms with E-state index in [1.807, 2.05) is 13.0 Å². The zero-order chi connectivity index (χ0) is 26.1. The van der Waals surface area contributed by atoms with Crippen LogP contribution in [0.15, 0.2) is 54.2 Å². The molecule has 0 aliphatic carbocycles. The number of aryl methyl sites for hydroxylation is 1. The predicted octanol–water partition coefficient (Wildman–Crippen LogP) is 6.16. The van der Waals surface area contributed by atoms with E-state index >= 15 is 0 Å². The van der Waals surface area contributed by atoms with E-state index in [0.29, 0.717) is 33.5 Å². The van der Waals surface area contributed by atoms with Crippen LogP contribution in [-0.4, -0.2) is 35.1 Å². The predicted molar refractivity (Wildman–Crippen MR) is 151 cm³/mol. The fraction of sp³-hybridized carbons (Fsp3) is 0.250. The lowest BCUT2D eigenvalue weighted by Crippen LogP contribution is -2.37. The molecule has 1 aliphatic heterocycles. The Morgan fingerprint density at radius 3 is 3.00 bits per heavy atom. The maximum Gasteiger partial charge on any atom is 0.261 e. The molecule has 0 bridgehead atoms. The number of hydrogen-bond acceptors (Lipinski definition) is 8. The topological polar surface area (TPSA) is 88.2 Å². The number of fused-ring (bicyclic) bond motifs is 2. The minimum Gasteiger partial charge on any atom is -0.487 e. The fourth-order valence-corrected chi connectivity index (χ4v) is 6.53. The monoisotopic (exact) mass is 547 g/mol. The first-order chi connectivity index (χ1) is 18.5. The summed E-state index contributed by atoms with van der Waals surface area (Å²) in [6.07, 6.45) is 3.35. The van der Waals surface area contributed by atoms with Gasteiger partial charge in [0.15, 0.2) is 0 Å². The smallest absolute Gasteiger partial charge is 0.261 e. The van der Waals surface area contributed by atoms with Crippen LogP contribution in [0, 0.1) is 12.7 Å². The number of nitrogens with one attached hydrogen (secondary N) is 3. The highest BCUT2D eigenvalue weighted by molar-refractivity contribution is 7.20. The second-order valence-corrected chi connectivity index (χ2v) is 11.2. The maximum absolute atomic E-state index is 14.1. The molecule has 1 atom stereocenters. The first-order valence-corrected chi connectivity index (χ1v) is 14.2. The van der Waals surface area contributed by atoms with Crippen LogP contribution in [0.4, 0.5) is 15.9 Å². The number of aromatic nitrogens is 2. The van der Waals surface area contributed by atoms with Crippen molar-refractivity contribution in [2.45, 2.75) is 32.4 Å². The van der Waals surface area contributed by atoms with Gasteiger partial charge in [-0.25, -0.2) is 14.4 Å². The van der Waals surface area contributed by atoms with Crippen LogP contribution in [0.3, 0.4) is 0 Å². The molecule has 2 aromatic carbocycles. The lowest BCUT2D eigenvalue weighted by atomic mass is 10.1. The Bertz CT molecular complexity index is 1630. The summed E-state index contributed by atoms with van der Waals surface area (Å²) in [5.41, 5.74) is 2.44. The minimum atomic E-state index is -0.369. The molecular formula is C28H26FN5O2S2. The van der Waals surface area contributed by atoms with Crippen molar-refractivity contribution in [2.75, 3.05) is 18.4 Å². The van der Waals surface area contributed by atoms with Crippen LogP contribution in [-0.2, 0) is 6.54 Å². The van der Waals surface area contributed by atoms with Gasteiger partial charge in [0.1, 0.15) is 34.6 Å². The summed E-state index contributed by atoms with van der Waals surface area (Å²) < 4.78 is 21.5. The van der Waals surface area contributed by atoms with Gasteiger partial charge in [0.2, 0.25) is 0 Å². The quantitative estimate of drug-likeness (QED) is 0.226. The largest absolute Gasteiger partial charge is 0.487 e. The highest BCUT2D eigenvalue weighted by Gasteiger charge is 2.21. The third-order valence-electron chi connectivity index (χ3n) is 6.64. The first kappa shape index (κ1) is 24.7. The van der Waals surface area contributed by atoms with Crippen molar-refractivity contribution in [1.82, 2.24) is 20.6 Å². The third kappa shape index (κ3) is 5.07. The summed E-state index contributed by atoms with van der Waals surface area (Å²) in [5.74, 6) is 0.450. The number of amides is 1. The summed E-state index contributed by atoms with van der Waals surface area (Å²) in [7, 11) is 0. The van der Waals surface area contributed by atoms with E-state index in [0.717, 1.165) is 42.4 Å². The van der Waals surface area contributed by atoms with E-state index in [1.165, 1.54) is 39.9 Å². The molecule has 10 heteroatoms. The highest BCUT2D eigenvalue weighted by atomic mass is 32.1. The van der Waals surface area contributed by atoms with E-state index in [2.05, 4.69) is 49.5 Å². The van der Waals surface area contributed by atoms with Crippen LogP contribution >= 0.6 is 22.7 Å². The Kier molecular flexibility index (Phi) is 6.92. The Labute approximate surface area is 227 Å². The highest BCUT2D eigenvalue weighted by Crippen LogP contribution is 2.37. The van der Waals surface area contributed by atoms with Gasteiger partial charge in [0.05, 0.1) is 16.0 Å².